The first kappa shape index (κ1) is 17.0. The number of nitrogens with zero attached hydrogens (tertiary/aromatic N) is 1. The van der Waals surface area contributed by atoms with Crippen molar-refractivity contribution in [3.05, 3.63) is 108 Å². The van der Waals surface area contributed by atoms with Crippen LogP contribution < -0.4 is 5.73 Å². The molecule has 132 valence electrons. The average Bonchev–Trinajstić information content (AvgIpc) is 3.20. The largest absolute Gasteiger partial charge is 0.329 e. The molecule has 3 aromatic carbocycles. The normalized spacial score (nSPS) is 18.1. The maximum atomic E-state index is 6.21. The minimum absolute atomic E-state index is 0.315. The zero-order valence-corrected chi connectivity index (χ0v) is 15.1. The van der Waals surface area contributed by atoms with E-state index >= 15 is 0 Å². The first-order valence-corrected chi connectivity index (χ1v) is 9.50. The fraction of sp³-hybridized carbons (Fsp3) is 0.250. The Morgan fingerprint density at radius 2 is 1.15 bits per heavy atom. The molecule has 0 aliphatic carbocycles. The number of benzene rings is 3. The molecule has 4 rings (SSSR count). The maximum Gasteiger partial charge on any atom is 0.0975 e. The lowest BCUT2D eigenvalue weighted by molar-refractivity contribution is 0.144. The highest BCUT2D eigenvalue weighted by Gasteiger charge is 2.46. The second-order valence-corrected chi connectivity index (χ2v) is 7.03. The predicted molar refractivity (Wildman–Crippen MR) is 108 cm³/mol. The van der Waals surface area contributed by atoms with E-state index in [0.717, 1.165) is 13.0 Å². The van der Waals surface area contributed by atoms with Gasteiger partial charge in [0.15, 0.2) is 0 Å². The summed E-state index contributed by atoms with van der Waals surface area (Å²) in [4.78, 5) is 2.63. The highest BCUT2D eigenvalue weighted by Crippen LogP contribution is 2.45. The standard InChI is InChI=1S/C24H26N2/c25-19-23-17-10-18-26(23)24(20-11-4-1-5-12-20,21-13-6-2-7-14-21)22-15-8-3-9-16-22/h1-9,11-16,23H,10,17-19,25H2. The molecule has 1 saturated heterocycles. The van der Waals surface area contributed by atoms with Crippen LogP contribution in [0.25, 0.3) is 0 Å². The zero-order valence-electron chi connectivity index (χ0n) is 15.1. The van der Waals surface area contributed by atoms with Crippen molar-refractivity contribution in [2.75, 3.05) is 13.1 Å². The van der Waals surface area contributed by atoms with E-state index in [1.807, 2.05) is 0 Å². The summed E-state index contributed by atoms with van der Waals surface area (Å²) >= 11 is 0. The molecule has 0 radical (unpaired) electrons. The van der Waals surface area contributed by atoms with E-state index in [4.69, 9.17) is 5.73 Å². The fourth-order valence-electron chi connectivity index (χ4n) is 4.56. The van der Waals surface area contributed by atoms with E-state index in [1.54, 1.807) is 0 Å². The van der Waals surface area contributed by atoms with Gasteiger partial charge in [0.1, 0.15) is 0 Å². The van der Waals surface area contributed by atoms with Gasteiger partial charge in [-0.15, -0.1) is 0 Å². The molecule has 2 heteroatoms. The van der Waals surface area contributed by atoms with Crippen molar-refractivity contribution in [2.45, 2.75) is 24.4 Å². The molecule has 0 aromatic heterocycles. The molecule has 1 aliphatic heterocycles. The summed E-state index contributed by atoms with van der Waals surface area (Å²) in [5.41, 5.74) is 9.81. The molecule has 1 heterocycles. The van der Waals surface area contributed by atoms with Crippen LogP contribution in [0.4, 0.5) is 0 Å². The highest BCUT2D eigenvalue weighted by molar-refractivity contribution is 5.50. The molecular formula is C24H26N2. The number of nitrogens with two attached hydrogens (primary N) is 1. The van der Waals surface area contributed by atoms with Crippen molar-refractivity contribution >= 4 is 0 Å². The van der Waals surface area contributed by atoms with Gasteiger partial charge in [-0.2, -0.15) is 0 Å². The first-order valence-electron chi connectivity index (χ1n) is 9.50. The van der Waals surface area contributed by atoms with Gasteiger partial charge in [0.05, 0.1) is 5.54 Å². The third-order valence-corrected chi connectivity index (χ3v) is 5.65. The van der Waals surface area contributed by atoms with Crippen LogP contribution in [0.1, 0.15) is 29.5 Å². The fourth-order valence-corrected chi connectivity index (χ4v) is 4.56. The van der Waals surface area contributed by atoms with E-state index in [9.17, 15) is 0 Å². The van der Waals surface area contributed by atoms with Gasteiger partial charge in [0.25, 0.3) is 0 Å². The van der Waals surface area contributed by atoms with Crippen molar-refractivity contribution in [1.29, 1.82) is 0 Å². The molecule has 0 amide bonds. The molecule has 2 N–H and O–H groups in total. The molecule has 0 saturated carbocycles. The van der Waals surface area contributed by atoms with Crippen LogP contribution in [0.15, 0.2) is 91.0 Å². The minimum atomic E-state index is -0.315. The molecule has 0 bridgehead atoms. The summed E-state index contributed by atoms with van der Waals surface area (Å²) in [6.07, 6.45) is 2.35. The van der Waals surface area contributed by atoms with Crippen molar-refractivity contribution in [2.24, 2.45) is 5.73 Å². The van der Waals surface area contributed by atoms with E-state index in [2.05, 4.69) is 95.9 Å². The number of hydrogen-bond acceptors (Lipinski definition) is 2. The van der Waals surface area contributed by atoms with Crippen LogP contribution in [0, 0.1) is 0 Å². The van der Waals surface area contributed by atoms with E-state index in [1.165, 1.54) is 23.1 Å². The first-order chi connectivity index (χ1) is 12.9. The van der Waals surface area contributed by atoms with Gasteiger partial charge >= 0.3 is 0 Å². The number of hydrogen-bond donors (Lipinski definition) is 1. The third kappa shape index (κ3) is 2.76. The van der Waals surface area contributed by atoms with Crippen LogP contribution in [0.2, 0.25) is 0 Å². The summed E-state index contributed by atoms with van der Waals surface area (Å²) in [6, 6.07) is 33.0. The van der Waals surface area contributed by atoms with Gasteiger partial charge in [-0.3, -0.25) is 4.90 Å². The Kier molecular flexibility index (Phi) is 4.87. The molecule has 0 spiro atoms. The molecule has 1 atom stereocenters. The van der Waals surface area contributed by atoms with Gasteiger partial charge in [0.2, 0.25) is 0 Å². The Morgan fingerprint density at radius 3 is 1.54 bits per heavy atom. The molecule has 26 heavy (non-hydrogen) atoms. The Labute approximate surface area is 156 Å². The third-order valence-electron chi connectivity index (χ3n) is 5.65. The van der Waals surface area contributed by atoms with Crippen LogP contribution in [0.5, 0.6) is 0 Å². The van der Waals surface area contributed by atoms with Crippen molar-refractivity contribution < 1.29 is 0 Å². The minimum Gasteiger partial charge on any atom is -0.329 e. The lowest BCUT2D eigenvalue weighted by Gasteiger charge is -2.46. The van der Waals surface area contributed by atoms with Gasteiger partial charge in [-0.25, -0.2) is 0 Å². The van der Waals surface area contributed by atoms with E-state index in [-0.39, 0.29) is 5.54 Å². The van der Waals surface area contributed by atoms with Crippen molar-refractivity contribution in [3.8, 4) is 0 Å². The van der Waals surface area contributed by atoms with Crippen LogP contribution >= 0.6 is 0 Å². The smallest absolute Gasteiger partial charge is 0.0975 e. The highest BCUT2D eigenvalue weighted by atomic mass is 15.3. The molecule has 1 aliphatic rings. The number of likely N-dealkylation sites (tertiary alicyclic amines) is 1. The summed E-state index contributed by atoms with van der Waals surface area (Å²) < 4.78 is 0. The Balaban J connectivity index is 2.04. The monoisotopic (exact) mass is 342 g/mol. The summed E-state index contributed by atoms with van der Waals surface area (Å²) in [5, 5.41) is 0. The van der Waals surface area contributed by atoms with Gasteiger partial charge in [-0.1, -0.05) is 91.0 Å². The Hall–Kier alpha value is -2.42. The lowest BCUT2D eigenvalue weighted by atomic mass is 9.75. The second kappa shape index (κ2) is 7.45. The second-order valence-electron chi connectivity index (χ2n) is 7.03. The predicted octanol–water partition coefficient (Wildman–Crippen LogP) is 4.40. The molecule has 1 unspecified atom stereocenters. The SMILES string of the molecule is NCC1CCCN1C(c1ccccc1)(c1ccccc1)c1ccccc1. The Morgan fingerprint density at radius 1 is 0.731 bits per heavy atom. The summed E-state index contributed by atoms with van der Waals surface area (Å²) in [6.45, 7) is 1.74. The van der Waals surface area contributed by atoms with Crippen LogP contribution in [-0.4, -0.2) is 24.0 Å². The van der Waals surface area contributed by atoms with Crippen molar-refractivity contribution in [1.82, 2.24) is 4.90 Å². The van der Waals surface area contributed by atoms with Crippen molar-refractivity contribution in [3.63, 3.8) is 0 Å². The van der Waals surface area contributed by atoms with Gasteiger partial charge in [-0.05, 0) is 29.5 Å². The number of rotatable bonds is 5. The lowest BCUT2D eigenvalue weighted by Crippen LogP contribution is -2.52. The summed E-state index contributed by atoms with van der Waals surface area (Å²) in [7, 11) is 0. The molecule has 3 aromatic rings. The quantitative estimate of drug-likeness (QED) is 0.696. The topological polar surface area (TPSA) is 29.3 Å². The zero-order chi connectivity index (χ0) is 17.8. The average molecular weight is 342 g/mol. The van der Waals surface area contributed by atoms with E-state index < -0.39 is 0 Å². The van der Waals surface area contributed by atoms with Crippen LogP contribution in [0.3, 0.4) is 0 Å². The maximum absolute atomic E-state index is 6.21. The van der Waals surface area contributed by atoms with Crippen LogP contribution in [-0.2, 0) is 5.54 Å². The van der Waals surface area contributed by atoms with Gasteiger partial charge in [0, 0.05) is 19.1 Å². The Bertz CT molecular complexity index is 718. The molecule has 2 nitrogen and oxygen atoms in total. The molecule has 1 fully saturated rings. The van der Waals surface area contributed by atoms with Gasteiger partial charge < -0.3 is 5.73 Å². The summed E-state index contributed by atoms with van der Waals surface area (Å²) in [5.74, 6) is 0. The van der Waals surface area contributed by atoms with E-state index in [0.29, 0.717) is 12.6 Å². The molecular weight excluding hydrogens is 316 g/mol.